The van der Waals surface area contributed by atoms with E-state index in [9.17, 15) is 9.59 Å². The van der Waals surface area contributed by atoms with Gasteiger partial charge in [-0.3, -0.25) is 9.59 Å². The Morgan fingerprint density at radius 3 is 2.43 bits per heavy atom. The van der Waals surface area contributed by atoms with Gasteiger partial charge in [-0.2, -0.15) is 0 Å². The lowest BCUT2D eigenvalue weighted by Crippen LogP contribution is -2.48. The molecule has 1 aliphatic rings. The predicted octanol–water partition coefficient (Wildman–Crippen LogP) is 3.31. The van der Waals surface area contributed by atoms with Crippen molar-refractivity contribution in [3.63, 3.8) is 0 Å². The summed E-state index contributed by atoms with van der Waals surface area (Å²) in [5.41, 5.74) is 3.15. The second-order valence-corrected chi connectivity index (χ2v) is 6.85. The molecule has 6 nitrogen and oxygen atoms in total. The average Bonchev–Trinajstić information content (AvgIpc) is 2.73. The molecule has 0 spiro atoms. The molecule has 6 heteroatoms. The van der Waals surface area contributed by atoms with E-state index in [-0.39, 0.29) is 11.8 Å². The summed E-state index contributed by atoms with van der Waals surface area (Å²) in [6, 6.07) is 13.3. The SMILES string of the molecule is CCC(=O)N1CCN(c2ccccc2NC(=O)c2cccc(C)c2OC)CC1. The number of benzene rings is 2. The van der Waals surface area contributed by atoms with Crippen LogP contribution in [0.1, 0.15) is 29.3 Å². The molecule has 1 heterocycles. The molecular weight excluding hydrogens is 354 g/mol. The maximum Gasteiger partial charge on any atom is 0.259 e. The lowest BCUT2D eigenvalue weighted by Gasteiger charge is -2.36. The van der Waals surface area contributed by atoms with Crippen LogP contribution in [0.5, 0.6) is 5.75 Å². The van der Waals surface area contributed by atoms with Gasteiger partial charge in [0, 0.05) is 32.6 Å². The van der Waals surface area contributed by atoms with Crippen LogP contribution in [-0.4, -0.2) is 50.0 Å². The van der Waals surface area contributed by atoms with Crippen molar-refractivity contribution >= 4 is 23.2 Å². The van der Waals surface area contributed by atoms with Crippen molar-refractivity contribution in [2.45, 2.75) is 20.3 Å². The molecule has 1 N–H and O–H groups in total. The minimum atomic E-state index is -0.201. The largest absolute Gasteiger partial charge is 0.496 e. The number of carbonyl (C=O) groups excluding carboxylic acids is 2. The first-order valence-corrected chi connectivity index (χ1v) is 9.61. The Morgan fingerprint density at radius 1 is 1.04 bits per heavy atom. The van der Waals surface area contributed by atoms with Crippen LogP contribution in [0.3, 0.4) is 0 Å². The van der Waals surface area contributed by atoms with E-state index in [0.29, 0.717) is 30.8 Å². The number of methoxy groups -OCH3 is 1. The summed E-state index contributed by atoms with van der Waals surface area (Å²) in [6.07, 6.45) is 0.533. The van der Waals surface area contributed by atoms with Gasteiger partial charge >= 0.3 is 0 Å². The topological polar surface area (TPSA) is 61.9 Å². The Labute approximate surface area is 166 Å². The molecule has 2 aromatic carbocycles. The summed E-state index contributed by atoms with van der Waals surface area (Å²) in [7, 11) is 1.57. The number of ether oxygens (including phenoxy) is 1. The van der Waals surface area contributed by atoms with Gasteiger partial charge in [0.1, 0.15) is 5.75 Å². The zero-order chi connectivity index (χ0) is 20.1. The van der Waals surface area contributed by atoms with Gasteiger partial charge in [-0.15, -0.1) is 0 Å². The number of piperazine rings is 1. The third-order valence-electron chi connectivity index (χ3n) is 5.09. The van der Waals surface area contributed by atoms with Crippen molar-refractivity contribution in [3.05, 3.63) is 53.6 Å². The highest BCUT2D eigenvalue weighted by Gasteiger charge is 2.22. The third kappa shape index (κ3) is 4.11. The summed E-state index contributed by atoms with van der Waals surface area (Å²) in [5, 5.41) is 3.03. The number of hydrogen-bond acceptors (Lipinski definition) is 4. The van der Waals surface area contributed by atoms with Crippen molar-refractivity contribution in [1.82, 2.24) is 4.90 Å². The van der Waals surface area contributed by atoms with Crippen LogP contribution in [0.2, 0.25) is 0 Å². The fourth-order valence-electron chi connectivity index (χ4n) is 3.57. The van der Waals surface area contributed by atoms with Crippen molar-refractivity contribution in [2.75, 3.05) is 43.5 Å². The summed E-state index contributed by atoms with van der Waals surface area (Å²) in [5.74, 6) is 0.574. The average molecular weight is 381 g/mol. The molecule has 0 bridgehead atoms. The Kier molecular flexibility index (Phi) is 6.19. The Hall–Kier alpha value is -3.02. The normalized spacial score (nSPS) is 14.0. The van der Waals surface area contributed by atoms with E-state index in [0.717, 1.165) is 30.0 Å². The first-order valence-electron chi connectivity index (χ1n) is 9.61. The van der Waals surface area contributed by atoms with Gasteiger partial charge in [-0.05, 0) is 30.7 Å². The van der Waals surface area contributed by atoms with E-state index in [4.69, 9.17) is 4.74 Å². The molecule has 28 heavy (non-hydrogen) atoms. The number of para-hydroxylation sites is 3. The van der Waals surface area contributed by atoms with E-state index < -0.39 is 0 Å². The second kappa shape index (κ2) is 8.78. The number of hydrogen-bond donors (Lipinski definition) is 1. The van der Waals surface area contributed by atoms with Crippen LogP contribution in [0.4, 0.5) is 11.4 Å². The minimum absolute atomic E-state index is 0.188. The highest BCUT2D eigenvalue weighted by Crippen LogP contribution is 2.29. The monoisotopic (exact) mass is 381 g/mol. The molecule has 0 aromatic heterocycles. The van der Waals surface area contributed by atoms with Crippen LogP contribution in [0.15, 0.2) is 42.5 Å². The molecule has 2 aromatic rings. The number of anilines is 2. The van der Waals surface area contributed by atoms with Gasteiger partial charge in [0.2, 0.25) is 5.91 Å². The smallest absolute Gasteiger partial charge is 0.259 e. The molecule has 0 saturated carbocycles. The number of amides is 2. The molecule has 3 rings (SSSR count). The summed E-state index contributed by atoms with van der Waals surface area (Å²) in [4.78, 5) is 28.9. The van der Waals surface area contributed by atoms with Crippen LogP contribution in [0, 0.1) is 6.92 Å². The molecule has 1 saturated heterocycles. The van der Waals surface area contributed by atoms with E-state index in [1.165, 1.54) is 0 Å². The van der Waals surface area contributed by atoms with Crippen molar-refractivity contribution in [1.29, 1.82) is 0 Å². The molecule has 1 aliphatic heterocycles. The maximum absolute atomic E-state index is 12.9. The van der Waals surface area contributed by atoms with Crippen LogP contribution in [0.25, 0.3) is 0 Å². The van der Waals surface area contributed by atoms with E-state index in [2.05, 4.69) is 10.2 Å². The van der Waals surface area contributed by atoms with Gasteiger partial charge in [0.15, 0.2) is 0 Å². The van der Waals surface area contributed by atoms with Gasteiger partial charge in [-0.1, -0.05) is 31.2 Å². The highest BCUT2D eigenvalue weighted by molar-refractivity contribution is 6.08. The van der Waals surface area contributed by atoms with Crippen LogP contribution >= 0.6 is 0 Å². The summed E-state index contributed by atoms with van der Waals surface area (Å²) in [6.45, 7) is 6.68. The standard InChI is InChI=1S/C22H27N3O3/c1-4-20(26)25-14-12-24(13-15-25)19-11-6-5-10-18(19)23-22(27)17-9-7-8-16(2)21(17)28-3/h5-11H,4,12-15H2,1-3H3,(H,23,27). The highest BCUT2D eigenvalue weighted by atomic mass is 16.5. The van der Waals surface area contributed by atoms with E-state index in [1.807, 2.05) is 55.1 Å². The predicted molar refractivity (Wildman–Crippen MR) is 111 cm³/mol. The van der Waals surface area contributed by atoms with Crippen molar-refractivity contribution in [2.24, 2.45) is 0 Å². The maximum atomic E-state index is 12.9. The Morgan fingerprint density at radius 2 is 1.75 bits per heavy atom. The quantitative estimate of drug-likeness (QED) is 0.863. The molecule has 1 fully saturated rings. The van der Waals surface area contributed by atoms with Gasteiger partial charge < -0.3 is 19.9 Å². The molecule has 0 aliphatic carbocycles. The molecule has 0 unspecified atom stereocenters. The first kappa shape index (κ1) is 19.7. The second-order valence-electron chi connectivity index (χ2n) is 6.85. The van der Waals surface area contributed by atoms with E-state index in [1.54, 1.807) is 13.2 Å². The molecule has 0 atom stereocenters. The summed E-state index contributed by atoms with van der Waals surface area (Å²) < 4.78 is 5.42. The van der Waals surface area contributed by atoms with Gasteiger partial charge in [-0.25, -0.2) is 0 Å². The molecule has 2 amide bonds. The zero-order valence-corrected chi connectivity index (χ0v) is 16.7. The Balaban J connectivity index is 1.78. The van der Waals surface area contributed by atoms with Gasteiger partial charge in [0.05, 0.1) is 24.0 Å². The lowest BCUT2D eigenvalue weighted by molar-refractivity contribution is -0.131. The fraction of sp³-hybridized carbons (Fsp3) is 0.364. The molecule has 0 radical (unpaired) electrons. The molecular formula is C22H27N3O3. The number of carbonyl (C=O) groups is 2. The van der Waals surface area contributed by atoms with E-state index >= 15 is 0 Å². The minimum Gasteiger partial charge on any atom is -0.496 e. The first-order chi connectivity index (χ1) is 13.5. The summed E-state index contributed by atoms with van der Waals surface area (Å²) >= 11 is 0. The number of aryl methyl sites for hydroxylation is 1. The Bertz CT molecular complexity index is 858. The number of nitrogens with one attached hydrogen (secondary N) is 1. The van der Waals surface area contributed by atoms with Crippen LogP contribution in [-0.2, 0) is 4.79 Å². The lowest BCUT2D eigenvalue weighted by atomic mass is 10.1. The number of rotatable bonds is 5. The van der Waals surface area contributed by atoms with Crippen LogP contribution < -0.4 is 15.0 Å². The van der Waals surface area contributed by atoms with Crippen molar-refractivity contribution in [3.8, 4) is 5.75 Å². The molecule has 148 valence electrons. The zero-order valence-electron chi connectivity index (χ0n) is 16.7. The number of nitrogens with zero attached hydrogens (tertiary/aromatic N) is 2. The van der Waals surface area contributed by atoms with Gasteiger partial charge in [0.25, 0.3) is 5.91 Å². The third-order valence-corrected chi connectivity index (χ3v) is 5.09. The fourth-order valence-corrected chi connectivity index (χ4v) is 3.57. The van der Waals surface area contributed by atoms with Crippen molar-refractivity contribution < 1.29 is 14.3 Å².